The maximum atomic E-state index is 12.9. The first-order valence-electron chi connectivity index (χ1n) is 20.5. The second kappa shape index (κ2) is 28.0. The standard InChI is InChI=1S/C45H66N2O9/c1-7-9-11-13-15-17-19-21-35-23-25-37(39(31-35)55-41(48)33(3)4)43(50)53-29-27-46-45(52)47-28-30-54-44(51)38-26-24-36(22-20-18-16-14-12-10-8-2)32-40(38)56-42(49)34(5)6/h23-26,31-32,43,50H,3,5,7-22,27-30H2,1-2,4,6H3,(H2,46,47,52). The van der Waals surface area contributed by atoms with Gasteiger partial charge in [0.15, 0.2) is 6.29 Å². The number of ether oxygens (including phenoxy) is 4. The number of rotatable bonds is 29. The minimum absolute atomic E-state index is 0.0148. The summed E-state index contributed by atoms with van der Waals surface area (Å²) in [5.74, 6) is -1.63. The minimum Gasteiger partial charge on any atom is -0.460 e. The van der Waals surface area contributed by atoms with E-state index in [4.69, 9.17) is 18.9 Å². The van der Waals surface area contributed by atoms with Crippen LogP contribution in [0, 0.1) is 0 Å². The van der Waals surface area contributed by atoms with Crippen molar-refractivity contribution in [1.29, 1.82) is 0 Å². The van der Waals surface area contributed by atoms with Crippen LogP contribution in [0.1, 0.15) is 151 Å². The van der Waals surface area contributed by atoms with Gasteiger partial charge in [-0.05, 0) is 74.9 Å². The van der Waals surface area contributed by atoms with Gasteiger partial charge in [0.1, 0.15) is 23.7 Å². The van der Waals surface area contributed by atoms with Crippen molar-refractivity contribution in [2.45, 2.75) is 137 Å². The fourth-order valence-electron chi connectivity index (χ4n) is 5.82. The van der Waals surface area contributed by atoms with E-state index in [9.17, 15) is 24.3 Å². The maximum absolute atomic E-state index is 12.9. The van der Waals surface area contributed by atoms with E-state index in [0.717, 1.165) is 49.7 Å². The van der Waals surface area contributed by atoms with E-state index in [2.05, 4.69) is 37.6 Å². The third kappa shape index (κ3) is 19.4. The van der Waals surface area contributed by atoms with Gasteiger partial charge in [0, 0.05) is 17.7 Å². The van der Waals surface area contributed by atoms with Crippen LogP contribution in [0.25, 0.3) is 0 Å². The Balaban J connectivity index is 1.82. The fourth-order valence-corrected chi connectivity index (χ4v) is 5.82. The summed E-state index contributed by atoms with van der Waals surface area (Å²) >= 11 is 0. The monoisotopic (exact) mass is 778 g/mol. The lowest BCUT2D eigenvalue weighted by atomic mass is 10.0. The Morgan fingerprint density at radius 3 is 1.64 bits per heavy atom. The van der Waals surface area contributed by atoms with Crippen molar-refractivity contribution in [2.24, 2.45) is 0 Å². The van der Waals surface area contributed by atoms with E-state index in [0.29, 0.717) is 0 Å². The number of carbonyl (C=O) groups excluding carboxylic acids is 4. The SMILES string of the molecule is C=C(C)C(=O)Oc1cc(CCCCCCCCC)ccc1C(=O)OCCNC(=O)NCCOC(O)c1ccc(CCCCCCCCC)cc1OC(=O)C(=C)C. The summed E-state index contributed by atoms with van der Waals surface area (Å²) in [5, 5.41) is 16.0. The number of esters is 3. The Morgan fingerprint density at radius 2 is 1.11 bits per heavy atom. The highest BCUT2D eigenvalue weighted by molar-refractivity contribution is 5.95. The predicted molar refractivity (Wildman–Crippen MR) is 220 cm³/mol. The van der Waals surface area contributed by atoms with Crippen molar-refractivity contribution < 1.29 is 43.2 Å². The number of urea groups is 1. The second-order valence-corrected chi connectivity index (χ2v) is 14.3. The topological polar surface area (TPSA) is 149 Å². The van der Waals surface area contributed by atoms with Gasteiger partial charge in [-0.1, -0.05) is 116 Å². The molecule has 2 aromatic rings. The second-order valence-electron chi connectivity index (χ2n) is 14.3. The number of carbonyl (C=O) groups is 4. The van der Waals surface area contributed by atoms with Gasteiger partial charge in [-0.3, -0.25) is 0 Å². The lowest BCUT2D eigenvalue weighted by molar-refractivity contribution is -0.131. The zero-order valence-electron chi connectivity index (χ0n) is 34.3. The lowest BCUT2D eigenvalue weighted by Gasteiger charge is -2.17. The van der Waals surface area contributed by atoms with Gasteiger partial charge in [0.25, 0.3) is 0 Å². The molecule has 0 aromatic heterocycles. The molecule has 0 saturated heterocycles. The molecule has 0 saturated carbocycles. The summed E-state index contributed by atoms with van der Waals surface area (Å²) in [4.78, 5) is 50.0. The molecule has 2 amide bonds. The Bertz CT molecular complexity index is 1550. The smallest absolute Gasteiger partial charge is 0.342 e. The van der Waals surface area contributed by atoms with Gasteiger partial charge < -0.3 is 34.7 Å². The van der Waals surface area contributed by atoms with Gasteiger partial charge >= 0.3 is 23.9 Å². The molecule has 11 heteroatoms. The van der Waals surface area contributed by atoms with E-state index in [-0.39, 0.29) is 60.1 Å². The Morgan fingerprint density at radius 1 is 0.643 bits per heavy atom. The van der Waals surface area contributed by atoms with E-state index >= 15 is 0 Å². The largest absolute Gasteiger partial charge is 0.460 e. The normalized spacial score (nSPS) is 11.4. The zero-order chi connectivity index (χ0) is 41.1. The number of amides is 2. The van der Waals surface area contributed by atoms with Crippen molar-refractivity contribution in [3.8, 4) is 11.5 Å². The van der Waals surface area contributed by atoms with Crippen molar-refractivity contribution in [3.63, 3.8) is 0 Å². The summed E-state index contributed by atoms with van der Waals surface area (Å²) in [6, 6.07) is 9.91. The van der Waals surface area contributed by atoms with Crippen LogP contribution in [-0.4, -0.2) is 55.3 Å². The van der Waals surface area contributed by atoms with Crippen LogP contribution in [0.2, 0.25) is 0 Å². The van der Waals surface area contributed by atoms with Gasteiger partial charge in [-0.2, -0.15) is 0 Å². The predicted octanol–water partition coefficient (Wildman–Crippen LogP) is 9.40. The number of nitrogens with one attached hydrogen (secondary N) is 2. The molecule has 3 N–H and O–H groups in total. The fraction of sp³-hybridized carbons (Fsp3) is 0.556. The molecule has 2 aromatic carbocycles. The highest BCUT2D eigenvalue weighted by Crippen LogP contribution is 2.29. The Kier molecular flexibility index (Phi) is 23.8. The number of aryl methyl sites for hydroxylation is 2. The van der Waals surface area contributed by atoms with Gasteiger partial charge in [0.05, 0.1) is 18.7 Å². The summed E-state index contributed by atoms with van der Waals surface area (Å²) < 4.78 is 21.9. The maximum Gasteiger partial charge on any atom is 0.342 e. The van der Waals surface area contributed by atoms with E-state index < -0.39 is 30.2 Å². The summed E-state index contributed by atoms with van der Waals surface area (Å²) in [6.45, 7) is 14.7. The number of unbranched alkanes of at least 4 members (excludes halogenated alkanes) is 12. The molecule has 0 radical (unpaired) electrons. The van der Waals surface area contributed by atoms with Crippen LogP contribution in [0.15, 0.2) is 60.7 Å². The van der Waals surface area contributed by atoms with Crippen molar-refractivity contribution in [3.05, 3.63) is 83.0 Å². The summed E-state index contributed by atoms with van der Waals surface area (Å²) in [7, 11) is 0. The van der Waals surface area contributed by atoms with Crippen LogP contribution in [0.3, 0.4) is 0 Å². The van der Waals surface area contributed by atoms with Crippen LogP contribution in [-0.2, 0) is 31.9 Å². The number of aliphatic hydroxyl groups is 1. The molecular weight excluding hydrogens is 712 g/mol. The summed E-state index contributed by atoms with van der Waals surface area (Å²) in [6.07, 6.45) is 16.7. The van der Waals surface area contributed by atoms with Crippen LogP contribution in [0.5, 0.6) is 11.5 Å². The first kappa shape index (κ1) is 47.7. The lowest BCUT2D eigenvalue weighted by Crippen LogP contribution is -2.39. The molecule has 0 aliphatic carbocycles. The van der Waals surface area contributed by atoms with E-state index in [1.54, 1.807) is 31.2 Å². The molecule has 0 aliphatic rings. The van der Waals surface area contributed by atoms with Gasteiger partial charge in [0.2, 0.25) is 0 Å². The molecule has 0 bridgehead atoms. The number of benzene rings is 2. The average molecular weight is 779 g/mol. The van der Waals surface area contributed by atoms with Crippen LogP contribution in [0.4, 0.5) is 4.79 Å². The minimum atomic E-state index is -1.41. The van der Waals surface area contributed by atoms with Crippen LogP contribution < -0.4 is 20.1 Å². The number of hydrogen-bond donors (Lipinski definition) is 3. The first-order chi connectivity index (χ1) is 27.0. The molecule has 11 nitrogen and oxygen atoms in total. The zero-order valence-corrected chi connectivity index (χ0v) is 34.3. The third-order valence-electron chi connectivity index (χ3n) is 9.13. The molecule has 1 unspecified atom stereocenters. The van der Waals surface area contributed by atoms with Crippen molar-refractivity contribution in [1.82, 2.24) is 10.6 Å². The molecule has 0 heterocycles. The van der Waals surface area contributed by atoms with Crippen LogP contribution >= 0.6 is 0 Å². The van der Waals surface area contributed by atoms with Crippen molar-refractivity contribution in [2.75, 3.05) is 26.3 Å². The number of aliphatic hydroxyl groups excluding tert-OH is 1. The molecular formula is C45H66N2O9. The molecule has 56 heavy (non-hydrogen) atoms. The van der Waals surface area contributed by atoms with Crippen molar-refractivity contribution >= 4 is 23.9 Å². The average Bonchev–Trinajstić information content (AvgIpc) is 3.17. The summed E-state index contributed by atoms with van der Waals surface area (Å²) in [5.41, 5.74) is 2.76. The highest BCUT2D eigenvalue weighted by atomic mass is 16.6. The molecule has 0 aliphatic heterocycles. The highest BCUT2D eigenvalue weighted by Gasteiger charge is 2.20. The van der Waals surface area contributed by atoms with E-state index in [1.165, 1.54) is 71.1 Å². The van der Waals surface area contributed by atoms with Gasteiger partial charge in [-0.15, -0.1) is 0 Å². The number of hydrogen-bond acceptors (Lipinski definition) is 9. The van der Waals surface area contributed by atoms with Gasteiger partial charge in [-0.25, -0.2) is 19.2 Å². The third-order valence-corrected chi connectivity index (χ3v) is 9.13. The Labute approximate surface area is 334 Å². The molecule has 1 atom stereocenters. The first-order valence-corrected chi connectivity index (χ1v) is 20.5. The quantitative estimate of drug-likeness (QED) is 0.0241. The van der Waals surface area contributed by atoms with E-state index in [1.807, 2.05) is 12.1 Å². The molecule has 2 rings (SSSR count). The Hall–Kier alpha value is -4.48. The molecule has 0 spiro atoms. The molecule has 310 valence electrons. The molecule has 0 fully saturated rings.